The van der Waals surface area contributed by atoms with E-state index in [1.54, 1.807) is 0 Å². The van der Waals surface area contributed by atoms with E-state index in [0.717, 1.165) is 33.9 Å². The molecule has 0 atom stereocenters. The van der Waals surface area contributed by atoms with Crippen LogP contribution in [0.5, 0.6) is 0 Å². The smallest absolute Gasteiger partial charge is 0.405 e. The molecule has 0 amide bonds. The van der Waals surface area contributed by atoms with Gasteiger partial charge in [0.1, 0.15) is 0 Å². The minimum Gasteiger partial charge on any atom is -0.405 e. The lowest BCUT2D eigenvalue weighted by Gasteiger charge is -2.32. The van der Waals surface area contributed by atoms with E-state index < -0.39 is 34.1 Å². The van der Waals surface area contributed by atoms with Crippen LogP contribution in [0.25, 0.3) is 0 Å². The summed E-state index contributed by atoms with van der Waals surface area (Å²) in [7, 11) is -7.53. The first-order valence-corrected chi connectivity index (χ1v) is 23.7. The third-order valence-corrected chi connectivity index (χ3v) is 15.6. The maximum atomic E-state index is 11.7. The van der Waals surface area contributed by atoms with Crippen molar-refractivity contribution in [3.8, 4) is 0 Å². The Bertz CT molecular complexity index is 1930. The van der Waals surface area contributed by atoms with Gasteiger partial charge in [-0.25, -0.2) is 16.8 Å². The van der Waals surface area contributed by atoms with Crippen molar-refractivity contribution in [2.75, 3.05) is 25.6 Å². The maximum absolute atomic E-state index is 11.7. The average Bonchev–Trinajstić information content (AvgIpc) is 3.52. The Hall–Kier alpha value is -1.31. The molecule has 0 N–H and O–H groups in total. The number of halogens is 1. The molecule has 7 rings (SSSR count). The number of rotatable bonds is 4. The molecule has 0 unspecified atom stereocenters. The summed E-state index contributed by atoms with van der Waals surface area (Å²) in [6, 6.07) is 12.1. The summed E-state index contributed by atoms with van der Waals surface area (Å²) in [6.07, 6.45) is 4.03. The number of sulfonamides is 2. The van der Waals surface area contributed by atoms with Crippen LogP contribution in [0, 0.1) is 0 Å². The summed E-state index contributed by atoms with van der Waals surface area (Å²) < 4.78 is 86.3. The van der Waals surface area contributed by atoms with E-state index in [0.29, 0.717) is 26.2 Å². The Balaban J connectivity index is 0.000000165. The molecular weight excluding hydrogens is 821 g/mol. The Morgan fingerprint density at radius 3 is 1.23 bits per heavy atom. The summed E-state index contributed by atoms with van der Waals surface area (Å²) in [6.45, 7) is 26.4. The van der Waals surface area contributed by atoms with E-state index in [1.807, 2.05) is 107 Å². The molecule has 5 heterocycles. The van der Waals surface area contributed by atoms with Crippen LogP contribution in [0.1, 0.15) is 105 Å². The monoisotopic (exact) mass is 880 g/mol. The molecule has 5 aliphatic rings. The Morgan fingerprint density at radius 1 is 0.518 bits per heavy atom. The number of hydrogen-bond acceptors (Lipinski definition) is 10. The van der Waals surface area contributed by atoms with Gasteiger partial charge in [-0.3, -0.25) is 0 Å². The molecule has 0 saturated carbocycles. The predicted octanol–water partition coefficient (Wildman–Crippen LogP) is 5.32. The molecule has 0 aromatic heterocycles. The van der Waals surface area contributed by atoms with Crippen LogP contribution in [0.3, 0.4) is 0 Å². The van der Waals surface area contributed by atoms with Gasteiger partial charge in [-0.1, -0.05) is 40.2 Å². The third kappa shape index (κ3) is 9.83. The first-order chi connectivity index (χ1) is 25.3. The molecule has 3 fully saturated rings. The van der Waals surface area contributed by atoms with Crippen molar-refractivity contribution < 1.29 is 44.8 Å². The van der Waals surface area contributed by atoms with E-state index in [2.05, 4.69) is 28.1 Å². The van der Waals surface area contributed by atoms with Gasteiger partial charge < -0.3 is 27.9 Å². The Labute approximate surface area is 345 Å². The Kier molecular flexibility index (Phi) is 12.8. The summed E-state index contributed by atoms with van der Waals surface area (Å²) >= 11 is 3.41. The predicted molar refractivity (Wildman–Crippen MR) is 226 cm³/mol. The van der Waals surface area contributed by atoms with E-state index in [1.165, 1.54) is 32.2 Å². The average molecular weight is 881 g/mol. The fourth-order valence-electron chi connectivity index (χ4n) is 6.73. The molecule has 2 aromatic carbocycles. The summed E-state index contributed by atoms with van der Waals surface area (Å²) in [4.78, 5) is 0. The summed E-state index contributed by atoms with van der Waals surface area (Å²) in [5.74, 6) is 0. The second kappa shape index (κ2) is 15.6. The van der Waals surface area contributed by atoms with Gasteiger partial charge in [0.25, 0.3) is 0 Å². The van der Waals surface area contributed by atoms with Gasteiger partial charge in [0.05, 0.1) is 46.1 Å². The second-order valence-electron chi connectivity index (χ2n) is 18.5. The highest BCUT2D eigenvalue weighted by Crippen LogP contribution is 2.43. The zero-order valence-electron chi connectivity index (χ0n) is 35.6. The molecule has 2 aromatic rings. The van der Waals surface area contributed by atoms with Gasteiger partial charge in [0.2, 0.25) is 20.0 Å². The van der Waals surface area contributed by atoms with Crippen molar-refractivity contribution >= 4 is 62.6 Å². The molecule has 0 radical (unpaired) electrons. The first kappa shape index (κ1) is 45.8. The highest BCUT2D eigenvalue weighted by molar-refractivity contribution is 9.10. The lowest BCUT2D eigenvalue weighted by Crippen LogP contribution is -2.41. The molecule has 18 heteroatoms. The zero-order valence-corrected chi connectivity index (χ0v) is 38.8. The first-order valence-electron chi connectivity index (χ1n) is 19.2. The topological polar surface area (TPSA) is 130 Å². The van der Waals surface area contributed by atoms with Crippen LogP contribution in [-0.4, -0.2) is 106 Å². The third-order valence-electron chi connectivity index (χ3n) is 12.6. The lowest BCUT2D eigenvalue weighted by molar-refractivity contribution is 0.00578. The highest BCUT2D eigenvalue weighted by Gasteiger charge is 2.63. The molecule has 0 bridgehead atoms. The maximum Gasteiger partial charge on any atom is 0.494 e. The SMILES string of the molecule is CC1(C)OB(B2OC(C)(C)C(C)(C)O2)OC1(C)C.CC1(C)OB(c2ccc3c(c2)CCN(S(C)(=O)=O)C3)OC1(C)C.CS(=O)(=O)N1CCc2cc(Br)ccc2C1. The largest absolute Gasteiger partial charge is 0.494 e. The second-order valence-corrected chi connectivity index (χ2v) is 23.4. The standard InChI is InChI=1S/C16H24BNO4S.C12H24B2O4.C10H12BrNO2S/c1-15(2)16(3,4)22-17(21-15)14-7-6-13-11-18(23(5,19)20)9-8-12(13)10-14;1-9(2)10(3,4)16-13(15-9)14-17-11(5,6)12(7,8)18-14;1-15(13,14)12-5-4-8-6-10(11)3-2-9(8)7-12/h6-7,10H,8-9,11H2,1-5H3;1-8H3;2-3,6H,4-5,7H2,1H3. The number of hydrogen-bond donors (Lipinski definition) is 0. The fourth-order valence-corrected chi connectivity index (χ4v) is 8.74. The molecule has 310 valence electrons. The van der Waals surface area contributed by atoms with Gasteiger partial charge in [-0.05, 0) is 136 Å². The van der Waals surface area contributed by atoms with Crippen LogP contribution in [-0.2, 0) is 73.9 Å². The molecule has 5 aliphatic heterocycles. The van der Waals surface area contributed by atoms with Gasteiger partial charge >= 0.3 is 21.1 Å². The summed E-state index contributed by atoms with van der Waals surface area (Å²) in [5.41, 5.74) is 3.42. The molecule has 12 nitrogen and oxygen atoms in total. The van der Waals surface area contributed by atoms with Gasteiger partial charge in [-0.2, -0.15) is 8.61 Å². The van der Waals surface area contributed by atoms with E-state index in [4.69, 9.17) is 27.9 Å². The number of fused-ring (bicyclic) bond motifs is 2. The molecule has 0 aliphatic carbocycles. The fraction of sp³-hybridized carbons (Fsp3) is 0.684. The van der Waals surface area contributed by atoms with Crippen LogP contribution < -0.4 is 5.46 Å². The number of benzene rings is 2. The van der Waals surface area contributed by atoms with Crippen molar-refractivity contribution in [2.24, 2.45) is 0 Å². The van der Waals surface area contributed by atoms with Crippen molar-refractivity contribution in [3.05, 3.63) is 63.1 Å². The lowest BCUT2D eigenvalue weighted by atomic mass is 9.49. The van der Waals surface area contributed by atoms with Crippen molar-refractivity contribution in [3.63, 3.8) is 0 Å². The van der Waals surface area contributed by atoms with E-state index >= 15 is 0 Å². The molecule has 3 saturated heterocycles. The van der Waals surface area contributed by atoms with Gasteiger partial charge in [-0.15, -0.1) is 0 Å². The van der Waals surface area contributed by atoms with E-state index in [-0.39, 0.29) is 40.7 Å². The summed E-state index contributed by atoms with van der Waals surface area (Å²) in [5, 5.41) is 0. The molecule has 56 heavy (non-hydrogen) atoms. The van der Waals surface area contributed by atoms with Crippen LogP contribution in [0.2, 0.25) is 0 Å². The van der Waals surface area contributed by atoms with Crippen LogP contribution >= 0.6 is 15.9 Å². The van der Waals surface area contributed by atoms with Crippen molar-refractivity contribution in [2.45, 2.75) is 143 Å². The van der Waals surface area contributed by atoms with Crippen LogP contribution in [0.15, 0.2) is 40.9 Å². The number of nitrogens with zero attached hydrogens (tertiary/aromatic N) is 2. The van der Waals surface area contributed by atoms with Crippen molar-refractivity contribution in [1.29, 1.82) is 0 Å². The van der Waals surface area contributed by atoms with Gasteiger partial charge in [0.15, 0.2) is 0 Å². The van der Waals surface area contributed by atoms with Crippen molar-refractivity contribution in [1.82, 2.24) is 8.61 Å². The normalized spacial score (nSPS) is 24.7. The minimum atomic E-state index is -3.14. The van der Waals surface area contributed by atoms with Gasteiger partial charge in [0, 0.05) is 30.7 Å². The van der Waals surface area contributed by atoms with E-state index in [9.17, 15) is 16.8 Å². The quantitative estimate of drug-likeness (QED) is 0.373. The highest BCUT2D eigenvalue weighted by atomic mass is 79.9. The molecular formula is C38H60B3BrN2O10S2. The Morgan fingerprint density at radius 2 is 0.857 bits per heavy atom. The molecule has 0 spiro atoms. The van der Waals surface area contributed by atoms with Crippen LogP contribution in [0.4, 0.5) is 0 Å². The zero-order chi connectivity index (χ0) is 42.1. The minimum absolute atomic E-state index is 0.360.